The number of carbonyl (C=O) groups excluding carboxylic acids is 2. The fraction of sp³-hybridized carbons (Fsp3) is 0.672. The van der Waals surface area contributed by atoms with Crippen LogP contribution in [0.3, 0.4) is 0 Å². The predicted molar refractivity (Wildman–Crippen MR) is 279 cm³/mol. The molecule has 0 aliphatic rings. The maximum absolute atomic E-state index is 12.8. The molecule has 8 heteroatoms. The first-order valence-corrected chi connectivity index (χ1v) is 26.3. The van der Waals surface area contributed by atoms with E-state index < -0.39 is 18.1 Å². The molecule has 2 atom stereocenters. The summed E-state index contributed by atoms with van der Waals surface area (Å²) in [5.41, 5.74) is 0. The van der Waals surface area contributed by atoms with Crippen LogP contribution in [0.1, 0.15) is 200 Å². The van der Waals surface area contributed by atoms with Crippen molar-refractivity contribution in [2.75, 3.05) is 41.0 Å². The lowest BCUT2D eigenvalue weighted by Crippen LogP contribution is -2.50. The second kappa shape index (κ2) is 47.7. The van der Waals surface area contributed by atoms with E-state index in [0.29, 0.717) is 19.3 Å². The van der Waals surface area contributed by atoms with Crippen molar-refractivity contribution >= 4 is 17.9 Å². The molecule has 1 N–H and O–H groups in total. The molecule has 66 heavy (non-hydrogen) atoms. The van der Waals surface area contributed by atoms with Gasteiger partial charge >= 0.3 is 17.9 Å². The first kappa shape index (κ1) is 62.2. The van der Waals surface area contributed by atoms with Crippen molar-refractivity contribution in [3.8, 4) is 0 Å². The fourth-order valence-electron chi connectivity index (χ4n) is 7.25. The molecule has 0 fully saturated rings. The summed E-state index contributed by atoms with van der Waals surface area (Å²) in [4.78, 5) is 37.2. The highest BCUT2D eigenvalue weighted by atomic mass is 16.6. The largest absolute Gasteiger partial charge is 0.477 e. The van der Waals surface area contributed by atoms with E-state index in [0.717, 1.165) is 103 Å². The zero-order valence-corrected chi connectivity index (χ0v) is 42.9. The van der Waals surface area contributed by atoms with Crippen molar-refractivity contribution in [1.82, 2.24) is 0 Å². The van der Waals surface area contributed by atoms with Gasteiger partial charge < -0.3 is 23.8 Å². The Kier molecular flexibility index (Phi) is 45.0. The molecule has 0 rings (SSSR count). The minimum absolute atomic E-state index is 0.0495. The number of carboxylic acid groups (broad SMARTS) is 1. The van der Waals surface area contributed by atoms with Crippen LogP contribution in [-0.2, 0) is 28.6 Å². The quantitative estimate of drug-likeness (QED) is 0.0281. The Bertz CT molecular complexity index is 1400. The number of carbonyl (C=O) groups is 3. The Morgan fingerprint density at radius 3 is 1.18 bits per heavy atom. The van der Waals surface area contributed by atoms with Crippen LogP contribution in [0.5, 0.6) is 0 Å². The van der Waals surface area contributed by atoms with E-state index in [1.165, 1.54) is 64.2 Å². The summed E-state index contributed by atoms with van der Waals surface area (Å²) >= 11 is 0. The van der Waals surface area contributed by atoms with Crippen LogP contribution in [0.15, 0.2) is 97.2 Å². The summed E-state index contributed by atoms with van der Waals surface area (Å²) in [6.07, 6.45) is 64.5. The van der Waals surface area contributed by atoms with Crippen molar-refractivity contribution in [2.45, 2.75) is 212 Å². The molecule has 0 aliphatic carbocycles. The van der Waals surface area contributed by atoms with E-state index in [-0.39, 0.29) is 36.2 Å². The third kappa shape index (κ3) is 45.4. The Hall–Kier alpha value is -3.75. The van der Waals surface area contributed by atoms with Gasteiger partial charge in [-0.1, -0.05) is 188 Å². The van der Waals surface area contributed by atoms with Gasteiger partial charge in [-0.25, -0.2) is 4.79 Å². The Morgan fingerprint density at radius 2 is 0.803 bits per heavy atom. The second-order valence-corrected chi connectivity index (χ2v) is 18.4. The number of rotatable bonds is 46. The molecule has 0 aromatic carbocycles. The number of quaternary nitrogens is 1. The number of likely N-dealkylation sites (N-methyl/N-ethyl adjacent to an activating group) is 1. The Balaban J connectivity index is 4.27. The lowest BCUT2D eigenvalue weighted by molar-refractivity contribution is -0.887. The number of allylic oxidation sites excluding steroid dienone is 16. The number of esters is 2. The van der Waals surface area contributed by atoms with Gasteiger partial charge in [0.15, 0.2) is 12.1 Å². The zero-order valence-electron chi connectivity index (χ0n) is 42.9. The van der Waals surface area contributed by atoms with Crippen LogP contribution >= 0.6 is 0 Å². The molecule has 0 aliphatic heterocycles. The number of aliphatic carboxylic acids is 1. The van der Waals surface area contributed by atoms with Gasteiger partial charge in [0.05, 0.1) is 34.4 Å². The normalized spacial score (nSPS) is 13.7. The Morgan fingerprint density at radius 1 is 0.455 bits per heavy atom. The van der Waals surface area contributed by atoms with E-state index in [4.69, 9.17) is 14.2 Å². The lowest BCUT2D eigenvalue weighted by atomic mass is 10.0. The van der Waals surface area contributed by atoms with Crippen LogP contribution in [0.2, 0.25) is 0 Å². The highest BCUT2D eigenvalue weighted by Gasteiger charge is 2.31. The zero-order chi connectivity index (χ0) is 48.4. The van der Waals surface area contributed by atoms with E-state index in [1.807, 2.05) is 21.1 Å². The maximum Gasteiger partial charge on any atom is 0.362 e. The van der Waals surface area contributed by atoms with E-state index >= 15 is 0 Å². The molecule has 0 amide bonds. The van der Waals surface area contributed by atoms with Crippen LogP contribution < -0.4 is 0 Å². The SMILES string of the molecule is CC/C=C/C/C=C/C/C=C/C/C=C/CCCCCCCCCCCCC(=O)OC(COCCC(C(=O)O)[N+](C)(C)C)COC(=O)CCCCCCCC/C=C/C/C=C/C/C=C/C/C=C/CC. The summed E-state index contributed by atoms with van der Waals surface area (Å²) < 4.78 is 17.4. The summed E-state index contributed by atoms with van der Waals surface area (Å²) in [6, 6.07) is -0.624. The highest BCUT2D eigenvalue weighted by molar-refractivity contribution is 5.72. The molecular weight excluding hydrogens is 823 g/mol. The molecule has 0 aromatic heterocycles. The lowest BCUT2D eigenvalue weighted by Gasteiger charge is -2.31. The molecule has 8 nitrogen and oxygen atoms in total. The maximum atomic E-state index is 12.8. The van der Waals surface area contributed by atoms with Crippen LogP contribution in [0.25, 0.3) is 0 Å². The number of carboxylic acids is 1. The summed E-state index contributed by atoms with van der Waals surface area (Å²) in [6.45, 7) is 4.49. The molecule has 0 bridgehead atoms. The van der Waals surface area contributed by atoms with Crippen molar-refractivity contribution in [1.29, 1.82) is 0 Å². The minimum atomic E-state index is -0.881. The third-order valence-corrected chi connectivity index (χ3v) is 11.2. The van der Waals surface area contributed by atoms with Crippen molar-refractivity contribution in [3.05, 3.63) is 97.2 Å². The summed E-state index contributed by atoms with van der Waals surface area (Å²) in [7, 11) is 5.52. The van der Waals surface area contributed by atoms with Crippen molar-refractivity contribution < 1.29 is 38.2 Å². The van der Waals surface area contributed by atoms with Crippen LogP contribution in [-0.4, -0.2) is 80.6 Å². The van der Waals surface area contributed by atoms with Gasteiger partial charge in [-0.15, -0.1) is 0 Å². The Labute approximate surface area is 405 Å². The number of hydrogen-bond donors (Lipinski definition) is 1. The smallest absolute Gasteiger partial charge is 0.362 e. The molecule has 0 saturated carbocycles. The monoisotopic (exact) mass is 921 g/mol. The molecule has 0 radical (unpaired) electrons. The first-order valence-electron chi connectivity index (χ1n) is 26.3. The van der Waals surface area contributed by atoms with Gasteiger partial charge in [-0.3, -0.25) is 9.59 Å². The van der Waals surface area contributed by atoms with Gasteiger partial charge in [0.25, 0.3) is 0 Å². The fourth-order valence-corrected chi connectivity index (χ4v) is 7.25. The summed E-state index contributed by atoms with van der Waals surface area (Å²) in [5.74, 6) is -1.50. The summed E-state index contributed by atoms with van der Waals surface area (Å²) in [5, 5.41) is 9.66. The number of ether oxygens (including phenoxy) is 3. The van der Waals surface area contributed by atoms with Crippen LogP contribution in [0, 0.1) is 0 Å². The van der Waals surface area contributed by atoms with Gasteiger partial charge in [0.2, 0.25) is 0 Å². The third-order valence-electron chi connectivity index (χ3n) is 11.2. The number of nitrogens with zero attached hydrogens (tertiary/aromatic N) is 1. The second-order valence-electron chi connectivity index (χ2n) is 18.4. The minimum Gasteiger partial charge on any atom is -0.477 e. The number of unbranched alkanes of at least 4 members (excludes halogenated alkanes) is 16. The average Bonchev–Trinajstić information content (AvgIpc) is 3.28. The first-order chi connectivity index (χ1) is 32.1. The topological polar surface area (TPSA) is 99.1 Å². The molecule has 0 saturated heterocycles. The van der Waals surface area contributed by atoms with E-state index in [9.17, 15) is 19.5 Å². The van der Waals surface area contributed by atoms with E-state index in [1.54, 1.807) is 0 Å². The molecule has 0 spiro atoms. The molecular formula is C58H98NO7+. The molecule has 0 heterocycles. The molecule has 2 unspecified atom stereocenters. The predicted octanol–water partition coefficient (Wildman–Crippen LogP) is 15.4. The van der Waals surface area contributed by atoms with Crippen molar-refractivity contribution in [3.63, 3.8) is 0 Å². The van der Waals surface area contributed by atoms with Gasteiger partial charge in [0, 0.05) is 19.3 Å². The van der Waals surface area contributed by atoms with Gasteiger partial charge in [0.1, 0.15) is 6.61 Å². The van der Waals surface area contributed by atoms with Crippen molar-refractivity contribution in [2.24, 2.45) is 0 Å². The molecule has 0 aromatic rings. The average molecular weight is 921 g/mol. The van der Waals surface area contributed by atoms with Gasteiger partial charge in [-0.2, -0.15) is 0 Å². The number of hydrogen-bond acceptors (Lipinski definition) is 6. The molecule has 376 valence electrons. The highest BCUT2D eigenvalue weighted by Crippen LogP contribution is 2.15. The van der Waals surface area contributed by atoms with Gasteiger partial charge in [-0.05, 0) is 89.9 Å². The van der Waals surface area contributed by atoms with E-state index in [2.05, 4.69) is 111 Å². The van der Waals surface area contributed by atoms with Crippen LogP contribution in [0.4, 0.5) is 0 Å². The standard InChI is InChI=1S/C58H97NO7/c1-6-8-10-12-14-16-18-20-22-24-26-27-28-29-31-33-35-37-39-41-43-45-47-49-57(61)66-54(52-64-51-50-55(58(62)63)59(3,4)5)53-65-56(60)48-46-44-42-40-38-36-34-32-30-25-23-21-19-17-15-13-11-9-7-2/h8-11,14-17,20-23,26-27,30,32,54-55H,6-7,12-13,18-19,24-25,28-29,31,33-53H2,1-5H3/p+1/b10-8+,11-9+,16-14+,17-15+,22-20+,23-21+,27-26+,32-30+.